The second-order valence-corrected chi connectivity index (χ2v) is 5.79. The topological polar surface area (TPSA) is 125 Å². The van der Waals surface area contributed by atoms with Crippen LogP contribution in [0.1, 0.15) is 5.56 Å². The molecule has 2 aromatic carbocycles. The Morgan fingerprint density at radius 3 is 2.36 bits per heavy atom. The van der Waals surface area contributed by atoms with Crippen LogP contribution in [0, 0.1) is 20.2 Å². The second kappa shape index (κ2) is 7.09. The Kier molecular flexibility index (Phi) is 4.70. The zero-order valence-corrected chi connectivity index (χ0v) is 13.4. The van der Waals surface area contributed by atoms with Gasteiger partial charge in [-0.1, -0.05) is 36.0 Å². The number of hydrogen-bond acceptors (Lipinski definition) is 8. The van der Waals surface area contributed by atoms with E-state index >= 15 is 0 Å². The van der Waals surface area contributed by atoms with Gasteiger partial charge in [0.2, 0.25) is 5.89 Å². The van der Waals surface area contributed by atoms with Crippen LogP contribution in [0.2, 0.25) is 0 Å². The Balaban J connectivity index is 1.74. The van der Waals surface area contributed by atoms with Gasteiger partial charge in [-0.25, -0.2) is 0 Å². The van der Waals surface area contributed by atoms with Crippen molar-refractivity contribution in [3.05, 3.63) is 74.3 Å². The van der Waals surface area contributed by atoms with Gasteiger partial charge in [0, 0.05) is 23.4 Å². The van der Waals surface area contributed by atoms with Crippen LogP contribution in [-0.2, 0) is 5.75 Å². The Labute approximate surface area is 145 Å². The number of thioether (sulfide) groups is 1. The highest BCUT2D eigenvalue weighted by atomic mass is 32.2. The summed E-state index contributed by atoms with van der Waals surface area (Å²) in [6.07, 6.45) is 0. The Morgan fingerprint density at radius 1 is 0.960 bits per heavy atom. The van der Waals surface area contributed by atoms with Crippen LogP contribution in [0.5, 0.6) is 0 Å². The maximum Gasteiger partial charge on any atom is 0.346 e. The van der Waals surface area contributed by atoms with Gasteiger partial charge in [-0.2, -0.15) is 0 Å². The second-order valence-electron chi connectivity index (χ2n) is 4.87. The Bertz CT molecular complexity index is 929. The average molecular weight is 358 g/mol. The van der Waals surface area contributed by atoms with E-state index in [4.69, 9.17) is 4.42 Å². The van der Waals surface area contributed by atoms with Crippen LogP contribution in [0.3, 0.4) is 0 Å². The molecule has 10 heteroatoms. The largest absolute Gasteiger partial charge is 0.411 e. The Morgan fingerprint density at radius 2 is 1.68 bits per heavy atom. The first kappa shape index (κ1) is 16.6. The minimum Gasteiger partial charge on any atom is -0.411 e. The first-order valence-electron chi connectivity index (χ1n) is 6.98. The highest BCUT2D eigenvalue weighted by Gasteiger charge is 2.24. The van der Waals surface area contributed by atoms with E-state index in [0.717, 1.165) is 11.6 Å². The van der Waals surface area contributed by atoms with Crippen LogP contribution in [0.15, 0.2) is 58.2 Å². The average Bonchev–Trinajstić information content (AvgIpc) is 3.09. The summed E-state index contributed by atoms with van der Waals surface area (Å²) in [5, 5.41) is 30.0. The standard InChI is InChI=1S/C15H10N4O5S/c20-18(21)12-7-6-10(8-13(12)19(22)23)9-25-15-17-16-14(24-15)11-4-2-1-3-5-11/h1-8H,9H2. The number of nitro groups is 2. The monoisotopic (exact) mass is 358 g/mol. The van der Waals surface area contributed by atoms with E-state index in [9.17, 15) is 20.2 Å². The summed E-state index contributed by atoms with van der Waals surface area (Å²) in [4.78, 5) is 20.2. The number of rotatable bonds is 6. The fourth-order valence-electron chi connectivity index (χ4n) is 2.07. The van der Waals surface area contributed by atoms with E-state index in [1.165, 1.54) is 23.9 Å². The van der Waals surface area contributed by atoms with Crippen molar-refractivity contribution in [3.8, 4) is 11.5 Å². The lowest BCUT2D eigenvalue weighted by atomic mass is 10.2. The molecule has 3 rings (SSSR count). The van der Waals surface area contributed by atoms with Gasteiger partial charge in [0.1, 0.15) is 0 Å². The quantitative estimate of drug-likeness (QED) is 0.369. The van der Waals surface area contributed by atoms with Gasteiger partial charge in [0.15, 0.2) is 0 Å². The van der Waals surface area contributed by atoms with Gasteiger partial charge >= 0.3 is 11.4 Å². The van der Waals surface area contributed by atoms with Crippen LogP contribution in [0.4, 0.5) is 11.4 Å². The summed E-state index contributed by atoms with van der Waals surface area (Å²) in [6, 6.07) is 13.0. The van der Waals surface area contributed by atoms with Crippen molar-refractivity contribution < 1.29 is 14.3 Å². The van der Waals surface area contributed by atoms with Crippen LogP contribution < -0.4 is 0 Å². The van der Waals surface area contributed by atoms with Gasteiger partial charge in [0.25, 0.3) is 5.22 Å². The van der Waals surface area contributed by atoms with Crippen molar-refractivity contribution in [2.75, 3.05) is 0 Å². The highest BCUT2D eigenvalue weighted by molar-refractivity contribution is 7.98. The molecule has 3 aromatic rings. The molecule has 126 valence electrons. The van der Waals surface area contributed by atoms with Gasteiger partial charge in [-0.05, 0) is 17.7 Å². The predicted molar refractivity (Wildman–Crippen MR) is 89.0 cm³/mol. The smallest absolute Gasteiger partial charge is 0.346 e. The first-order chi connectivity index (χ1) is 12.0. The summed E-state index contributed by atoms with van der Waals surface area (Å²) in [6.45, 7) is 0. The summed E-state index contributed by atoms with van der Waals surface area (Å²) in [5.74, 6) is 0.674. The number of nitro benzene ring substituents is 2. The number of hydrogen-bond donors (Lipinski definition) is 0. The highest BCUT2D eigenvalue weighted by Crippen LogP contribution is 2.31. The SMILES string of the molecule is O=[N+]([O-])c1ccc(CSc2nnc(-c3ccccc3)o2)cc1[N+](=O)[O-]. The van der Waals surface area contributed by atoms with Crippen molar-refractivity contribution in [2.24, 2.45) is 0 Å². The molecule has 0 amide bonds. The molecule has 0 aliphatic heterocycles. The van der Waals surface area contributed by atoms with E-state index in [1.54, 1.807) is 0 Å². The van der Waals surface area contributed by atoms with E-state index in [0.29, 0.717) is 22.4 Å². The molecule has 0 saturated carbocycles. The summed E-state index contributed by atoms with van der Waals surface area (Å²) in [7, 11) is 0. The van der Waals surface area contributed by atoms with Crippen molar-refractivity contribution >= 4 is 23.1 Å². The summed E-state index contributed by atoms with van der Waals surface area (Å²) in [5.41, 5.74) is 0.246. The maximum absolute atomic E-state index is 11.0. The molecule has 0 unspecified atom stereocenters. The normalized spacial score (nSPS) is 10.6. The lowest BCUT2D eigenvalue weighted by Gasteiger charge is -2.00. The third kappa shape index (κ3) is 3.80. The van der Waals surface area contributed by atoms with Gasteiger partial charge in [-0.15, -0.1) is 10.2 Å². The first-order valence-corrected chi connectivity index (χ1v) is 7.96. The van der Waals surface area contributed by atoms with E-state index in [2.05, 4.69) is 10.2 Å². The number of benzene rings is 2. The molecule has 1 aromatic heterocycles. The van der Waals surface area contributed by atoms with E-state index in [1.807, 2.05) is 30.3 Å². The Hall–Kier alpha value is -3.27. The molecule has 0 fully saturated rings. The van der Waals surface area contributed by atoms with Crippen LogP contribution in [0.25, 0.3) is 11.5 Å². The number of nitrogens with zero attached hydrogens (tertiary/aromatic N) is 4. The molecule has 0 bridgehead atoms. The molecule has 0 N–H and O–H groups in total. The maximum atomic E-state index is 11.0. The molecule has 0 aliphatic rings. The molecular weight excluding hydrogens is 348 g/mol. The predicted octanol–water partition coefficient (Wildman–Crippen LogP) is 3.85. The number of aromatic nitrogens is 2. The molecule has 9 nitrogen and oxygen atoms in total. The van der Waals surface area contributed by atoms with Crippen molar-refractivity contribution in [3.63, 3.8) is 0 Å². The molecule has 0 spiro atoms. The van der Waals surface area contributed by atoms with Crippen LogP contribution >= 0.6 is 11.8 Å². The fourth-order valence-corrected chi connectivity index (χ4v) is 2.78. The fraction of sp³-hybridized carbons (Fsp3) is 0.0667. The minimum absolute atomic E-state index is 0.301. The summed E-state index contributed by atoms with van der Waals surface area (Å²) < 4.78 is 5.53. The zero-order valence-electron chi connectivity index (χ0n) is 12.6. The molecule has 25 heavy (non-hydrogen) atoms. The van der Waals surface area contributed by atoms with E-state index in [-0.39, 0.29) is 0 Å². The molecule has 0 saturated heterocycles. The van der Waals surface area contributed by atoms with Gasteiger partial charge < -0.3 is 4.42 Å². The summed E-state index contributed by atoms with van der Waals surface area (Å²) >= 11 is 1.19. The molecule has 0 radical (unpaired) electrons. The van der Waals surface area contributed by atoms with Crippen molar-refractivity contribution in [2.45, 2.75) is 11.0 Å². The van der Waals surface area contributed by atoms with Crippen molar-refractivity contribution in [1.29, 1.82) is 0 Å². The molecular formula is C15H10N4O5S. The minimum atomic E-state index is -0.779. The van der Waals surface area contributed by atoms with Crippen molar-refractivity contribution in [1.82, 2.24) is 10.2 Å². The molecule has 0 aliphatic carbocycles. The van der Waals surface area contributed by atoms with Crippen LogP contribution in [-0.4, -0.2) is 20.0 Å². The lowest BCUT2D eigenvalue weighted by molar-refractivity contribution is -0.422. The third-order valence-electron chi connectivity index (χ3n) is 3.22. The zero-order chi connectivity index (χ0) is 17.8. The van der Waals surface area contributed by atoms with E-state index < -0.39 is 21.2 Å². The van der Waals surface area contributed by atoms with Gasteiger partial charge in [0.05, 0.1) is 9.85 Å². The third-order valence-corrected chi connectivity index (χ3v) is 4.11. The lowest BCUT2D eigenvalue weighted by Crippen LogP contribution is -1.97. The van der Waals surface area contributed by atoms with Gasteiger partial charge in [-0.3, -0.25) is 20.2 Å². The molecule has 0 atom stereocenters. The molecule has 1 heterocycles.